The first kappa shape index (κ1) is 21.9. The summed E-state index contributed by atoms with van der Waals surface area (Å²) in [5.74, 6) is 0.699. The smallest absolute Gasteiger partial charge is 0.339 e. The summed E-state index contributed by atoms with van der Waals surface area (Å²) in [6, 6.07) is 7.08. The van der Waals surface area contributed by atoms with E-state index in [4.69, 9.17) is 25.5 Å². The largest absolute Gasteiger partial charge is 0.492 e. The Kier molecular flexibility index (Phi) is 6.39. The van der Waals surface area contributed by atoms with Gasteiger partial charge in [-0.2, -0.15) is 0 Å². The molecule has 0 saturated carbocycles. The van der Waals surface area contributed by atoms with Crippen LogP contribution in [0.15, 0.2) is 37.9 Å². The molecule has 5 nitrogen and oxygen atoms in total. The van der Waals surface area contributed by atoms with E-state index in [0.717, 1.165) is 51.4 Å². The third kappa shape index (κ3) is 4.51. The molecule has 0 fully saturated rings. The summed E-state index contributed by atoms with van der Waals surface area (Å²) < 4.78 is 17.5. The Labute approximate surface area is 193 Å². The van der Waals surface area contributed by atoms with Gasteiger partial charge in [0.15, 0.2) is 0 Å². The minimum Gasteiger partial charge on any atom is -0.492 e. The summed E-state index contributed by atoms with van der Waals surface area (Å²) in [4.78, 5) is 24.4. The topological polar surface area (TPSA) is 65.7 Å². The monoisotopic (exact) mass is 504 g/mol. The van der Waals surface area contributed by atoms with Gasteiger partial charge in [-0.25, -0.2) is 4.79 Å². The van der Waals surface area contributed by atoms with Crippen molar-refractivity contribution in [3.63, 3.8) is 0 Å². The number of carbonyl (C=O) groups excluding carboxylic acids is 1. The van der Waals surface area contributed by atoms with Crippen molar-refractivity contribution in [2.45, 2.75) is 46.0 Å². The Morgan fingerprint density at radius 1 is 1.19 bits per heavy atom. The molecule has 0 bridgehead atoms. The standard InChI is InChI=1S/C24H22BrClO5/c1-13-11-20(22(25)14(2)23(13)26)29-10-4-7-21(27)30-15-8-9-17-16-5-3-6-18(16)24(28)31-19(17)12-15/h8-9,11-12H,3-7,10H2,1-2H3. The highest BCUT2D eigenvalue weighted by Gasteiger charge is 2.20. The van der Waals surface area contributed by atoms with E-state index in [1.807, 2.05) is 26.0 Å². The van der Waals surface area contributed by atoms with Gasteiger partial charge in [-0.1, -0.05) is 11.6 Å². The van der Waals surface area contributed by atoms with Crippen LogP contribution in [-0.2, 0) is 17.6 Å². The number of esters is 1. The average Bonchev–Trinajstić information content (AvgIpc) is 3.24. The van der Waals surface area contributed by atoms with Crippen molar-refractivity contribution in [2.24, 2.45) is 0 Å². The maximum absolute atomic E-state index is 12.2. The third-order valence-corrected chi connectivity index (χ3v) is 7.10. The number of benzene rings is 2. The van der Waals surface area contributed by atoms with Crippen molar-refractivity contribution in [1.82, 2.24) is 0 Å². The van der Waals surface area contributed by atoms with E-state index < -0.39 is 0 Å². The number of rotatable bonds is 6. The number of hydrogen-bond acceptors (Lipinski definition) is 5. The van der Waals surface area contributed by atoms with Gasteiger partial charge in [-0.05, 0) is 90.4 Å². The lowest BCUT2D eigenvalue weighted by Gasteiger charge is -2.13. The zero-order valence-corrected chi connectivity index (χ0v) is 19.7. The van der Waals surface area contributed by atoms with Crippen LogP contribution in [0.3, 0.4) is 0 Å². The van der Waals surface area contributed by atoms with Crippen molar-refractivity contribution in [2.75, 3.05) is 6.61 Å². The number of aryl methyl sites for hydroxylation is 2. The highest BCUT2D eigenvalue weighted by molar-refractivity contribution is 9.10. The summed E-state index contributed by atoms with van der Waals surface area (Å²) in [6.07, 6.45) is 3.30. The van der Waals surface area contributed by atoms with Gasteiger partial charge in [0, 0.05) is 28.5 Å². The first-order valence-corrected chi connectivity index (χ1v) is 11.4. The molecule has 1 aliphatic rings. The molecule has 2 aromatic carbocycles. The summed E-state index contributed by atoms with van der Waals surface area (Å²) in [5, 5.41) is 1.62. The maximum atomic E-state index is 12.2. The van der Waals surface area contributed by atoms with Crippen LogP contribution in [0.5, 0.6) is 11.5 Å². The molecule has 0 saturated heterocycles. The molecule has 0 radical (unpaired) electrons. The van der Waals surface area contributed by atoms with Crippen LogP contribution in [0.25, 0.3) is 11.0 Å². The minimum atomic E-state index is -0.367. The van der Waals surface area contributed by atoms with Crippen molar-refractivity contribution < 1.29 is 18.7 Å². The molecule has 7 heteroatoms. The summed E-state index contributed by atoms with van der Waals surface area (Å²) in [7, 11) is 0. The van der Waals surface area contributed by atoms with Crippen molar-refractivity contribution in [3.8, 4) is 11.5 Å². The van der Waals surface area contributed by atoms with E-state index in [1.54, 1.807) is 12.1 Å². The van der Waals surface area contributed by atoms with Gasteiger partial charge in [0.2, 0.25) is 0 Å². The second-order valence-electron chi connectivity index (χ2n) is 7.73. The molecular formula is C24H22BrClO5. The third-order valence-electron chi connectivity index (χ3n) is 5.53. The van der Waals surface area contributed by atoms with Crippen molar-refractivity contribution in [3.05, 3.63) is 66.4 Å². The maximum Gasteiger partial charge on any atom is 0.339 e. The molecular weight excluding hydrogens is 484 g/mol. The fourth-order valence-electron chi connectivity index (χ4n) is 3.91. The summed E-state index contributed by atoms with van der Waals surface area (Å²) in [5.41, 5.74) is 3.85. The SMILES string of the molecule is Cc1cc(OCCCC(=O)Oc2ccc3c4c(c(=O)oc3c2)CCC4)c(Br)c(C)c1Cl. The van der Waals surface area contributed by atoms with E-state index in [9.17, 15) is 9.59 Å². The van der Waals surface area contributed by atoms with E-state index in [-0.39, 0.29) is 18.0 Å². The van der Waals surface area contributed by atoms with E-state index in [2.05, 4.69) is 15.9 Å². The van der Waals surface area contributed by atoms with Crippen LogP contribution in [0.2, 0.25) is 5.02 Å². The fourth-order valence-corrected chi connectivity index (χ4v) is 4.60. The first-order valence-electron chi connectivity index (χ1n) is 10.2. The van der Waals surface area contributed by atoms with Gasteiger partial charge in [0.05, 0.1) is 11.1 Å². The van der Waals surface area contributed by atoms with E-state index in [1.165, 1.54) is 0 Å². The van der Waals surface area contributed by atoms with E-state index >= 15 is 0 Å². The Balaban J connectivity index is 1.35. The van der Waals surface area contributed by atoms with Crippen molar-refractivity contribution >= 4 is 44.5 Å². The van der Waals surface area contributed by atoms with Crippen LogP contribution in [0.4, 0.5) is 0 Å². The predicted molar refractivity (Wildman–Crippen MR) is 123 cm³/mol. The molecule has 1 aliphatic carbocycles. The highest BCUT2D eigenvalue weighted by Crippen LogP contribution is 2.36. The van der Waals surface area contributed by atoms with Gasteiger partial charge in [0.25, 0.3) is 0 Å². The zero-order chi connectivity index (χ0) is 22.1. The Morgan fingerprint density at radius 2 is 1.97 bits per heavy atom. The molecule has 4 rings (SSSR count). The Bertz CT molecular complexity index is 1230. The van der Waals surface area contributed by atoms with Crippen molar-refractivity contribution in [1.29, 1.82) is 0 Å². The molecule has 0 N–H and O–H groups in total. The predicted octanol–water partition coefficient (Wildman–Crippen LogP) is 6.08. The zero-order valence-electron chi connectivity index (χ0n) is 17.3. The second-order valence-corrected chi connectivity index (χ2v) is 8.90. The Morgan fingerprint density at radius 3 is 2.77 bits per heavy atom. The van der Waals surface area contributed by atoms with Crippen LogP contribution in [0.1, 0.15) is 41.5 Å². The number of halogens is 2. The summed E-state index contributed by atoms with van der Waals surface area (Å²) in [6.45, 7) is 4.21. The molecule has 1 aromatic heterocycles. The average molecular weight is 506 g/mol. The normalized spacial score (nSPS) is 12.8. The molecule has 31 heavy (non-hydrogen) atoms. The molecule has 3 aromatic rings. The number of ether oxygens (including phenoxy) is 2. The molecule has 1 heterocycles. The lowest BCUT2D eigenvalue weighted by atomic mass is 10.1. The van der Waals surface area contributed by atoms with Gasteiger partial charge in [0.1, 0.15) is 17.1 Å². The minimum absolute atomic E-state index is 0.204. The van der Waals surface area contributed by atoms with Gasteiger partial charge in [-0.15, -0.1) is 0 Å². The van der Waals surface area contributed by atoms with Gasteiger partial charge in [-0.3, -0.25) is 4.79 Å². The molecule has 162 valence electrons. The second kappa shape index (κ2) is 9.05. The first-order chi connectivity index (χ1) is 14.8. The number of carbonyl (C=O) groups is 1. The lowest BCUT2D eigenvalue weighted by molar-refractivity contribution is -0.134. The quantitative estimate of drug-likeness (QED) is 0.176. The van der Waals surface area contributed by atoms with Crippen LogP contribution in [-0.4, -0.2) is 12.6 Å². The van der Waals surface area contributed by atoms with Crippen LogP contribution < -0.4 is 15.1 Å². The van der Waals surface area contributed by atoms with Crippen LogP contribution in [0, 0.1) is 13.8 Å². The molecule has 0 amide bonds. The molecule has 0 atom stereocenters. The molecule has 0 aliphatic heterocycles. The highest BCUT2D eigenvalue weighted by atomic mass is 79.9. The number of fused-ring (bicyclic) bond motifs is 3. The molecule has 0 unspecified atom stereocenters. The fraction of sp³-hybridized carbons (Fsp3) is 0.333. The van der Waals surface area contributed by atoms with Crippen LogP contribution >= 0.6 is 27.5 Å². The molecule has 0 spiro atoms. The van der Waals surface area contributed by atoms with E-state index in [0.29, 0.717) is 35.1 Å². The lowest BCUT2D eigenvalue weighted by Crippen LogP contribution is -2.10. The Hall–Kier alpha value is -2.31. The van der Waals surface area contributed by atoms with Gasteiger partial charge >= 0.3 is 11.6 Å². The van der Waals surface area contributed by atoms with Gasteiger partial charge < -0.3 is 13.9 Å². The summed E-state index contributed by atoms with van der Waals surface area (Å²) >= 11 is 9.74. The number of hydrogen-bond donors (Lipinski definition) is 0.